The maximum Gasteiger partial charge on any atom is 0.225 e. The molecule has 3 nitrogen and oxygen atoms in total. The van der Waals surface area contributed by atoms with Crippen LogP contribution >= 0.6 is 12.4 Å². The number of carbonyl (C=O) groups excluding carboxylic acids is 1. The maximum absolute atomic E-state index is 12.2. The molecule has 0 aromatic carbocycles. The highest BCUT2D eigenvalue weighted by Gasteiger charge is 2.28. The van der Waals surface area contributed by atoms with Crippen LogP contribution in [-0.4, -0.2) is 37.0 Å². The van der Waals surface area contributed by atoms with Gasteiger partial charge in [-0.25, -0.2) is 0 Å². The summed E-state index contributed by atoms with van der Waals surface area (Å²) in [5, 5.41) is 3.30. The number of rotatable bonds is 2. The van der Waals surface area contributed by atoms with Gasteiger partial charge in [0.1, 0.15) is 0 Å². The highest BCUT2D eigenvalue weighted by molar-refractivity contribution is 5.85. The third-order valence-corrected chi connectivity index (χ3v) is 3.87. The lowest BCUT2D eigenvalue weighted by Crippen LogP contribution is -2.44. The van der Waals surface area contributed by atoms with E-state index in [1.54, 1.807) is 0 Å². The number of carbonyl (C=O) groups is 1. The number of halogens is 1. The second-order valence-corrected chi connectivity index (χ2v) is 4.92. The largest absolute Gasteiger partial charge is 0.342 e. The Morgan fingerprint density at radius 2 is 1.76 bits per heavy atom. The van der Waals surface area contributed by atoms with Crippen molar-refractivity contribution in [2.75, 3.05) is 26.2 Å². The molecule has 0 aromatic heterocycles. The molecule has 2 saturated heterocycles. The Balaban J connectivity index is 0.00000144. The summed E-state index contributed by atoms with van der Waals surface area (Å²) in [6, 6.07) is 0. The molecule has 98 valence electrons. The highest BCUT2D eigenvalue weighted by Crippen LogP contribution is 2.22. The molecular weight excluding hydrogens is 236 g/mol. The highest BCUT2D eigenvalue weighted by atomic mass is 35.5. The number of hydrogen-bond donors (Lipinski definition) is 1. The molecule has 2 aliphatic rings. The van der Waals surface area contributed by atoms with E-state index in [4.69, 9.17) is 0 Å². The van der Waals surface area contributed by atoms with E-state index in [1.165, 1.54) is 0 Å². The summed E-state index contributed by atoms with van der Waals surface area (Å²) < 4.78 is 0. The number of allylic oxidation sites excluding steroid dienone is 1. The predicted octanol–water partition coefficient (Wildman–Crippen LogP) is 1.83. The van der Waals surface area contributed by atoms with Gasteiger partial charge in [0.2, 0.25) is 5.91 Å². The third kappa shape index (κ3) is 3.71. The van der Waals surface area contributed by atoms with Gasteiger partial charge >= 0.3 is 0 Å². The van der Waals surface area contributed by atoms with Gasteiger partial charge in [0.05, 0.1) is 0 Å². The van der Waals surface area contributed by atoms with Crippen LogP contribution in [0.5, 0.6) is 0 Å². The van der Waals surface area contributed by atoms with Gasteiger partial charge in [0.15, 0.2) is 0 Å². The topological polar surface area (TPSA) is 32.3 Å². The molecule has 0 aliphatic carbocycles. The van der Waals surface area contributed by atoms with Crippen LogP contribution in [0.3, 0.4) is 0 Å². The van der Waals surface area contributed by atoms with Gasteiger partial charge in [0.25, 0.3) is 0 Å². The molecule has 1 amide bonds. The zero-order valence-electron chi connectivity index (χ0n) is 10.4. The van der Waals surface area contributed by atoms with Crippen molar-refractivity contribution < 1.29 is 4.79 Å². The van der Waals surface area contributed by atoms with Crippen molar-refractivity contribution in [2.24, 2.45) is 11.8 Å². The smallest absolute Gasteiger partial charge is 0.225 e. The first-order valence-electron chi connectivity index (χ1n) is 6.43. The molecule has 0 radical (unpaired) electrons. The van der Waals surface area contributed by atoms with Crippen LogP contribution in [0.4, 0.5) is 0 Å². The SMILES string of the molecule is C=CC1CCN(C(=O)C2CCNCC2)CC1.Cl. The first kappa shape index (κ1) is 14.5. The second-order valence-electron chi connectivity index (χ2n) is 4.92. The van der Waals surface area contributed by atoms with Crippen LogP contribution in [-0.2, 0) is 4.79 Å². The van der Waals surface area contributed by atoms with Crippen molar-refractivity contribution in [1.82, 2.24) is 10.2 Å². The van der Waals surface area contributed by atoms with Gasteiger partial charge < -0.3 is 10.2 Å². The number of hydrogen-bond acceptors (Lipinski definition) is 2. The Kier molecular flexibility index (Phi) is 6.00. The first-order chi connectivity index (χ1) is 7.81. The van der Waals surface area contributed by atoms with Gasteiger partial charge in [0, 0.05) is 19.0 Å². The average Bonchev–Trinajstić information content (AvgIpc) is 2.39. The van der Waals surface area contributed by atoms with E-state index in [0.717, 1.165) is 51.9 Å². The standard InChI is InChI=1S/C13H22N2O.ClH/c1-2-11-5-9-15(10-6-11)13(16)12-3-7-14-8-4-12;/h2,11-12,14H,1,3-10H2;1H. The van der Waals surface area contributed by atoms with E-state index in [-0.39, 0.29) is 18.3 Å². The summed E-state index contributed by atoms with van der Waals surface area (Å²) in [5.41, 5.74) is 0. The van der Waals surface area contributed by atoms with Crippen LogP contribution in [0, 0.1) is 11.8 Å². The van der Waals surface area contributed by atoms with Gasteiger partial charge in [-0.1, -0.05) is 6.08 Å². The van der Waals surface area contributed by atoms with Gasteiger partial charge in [-0.2, -0.15) is 0 Å². The van der Waals surface area contributed by atoms with Crippen molar-refractivity contribution >= 4 is 18.3 Å². The summed E-state index contributed by atoms with van der Waals surface area (Å²) in [6.07, 6.45) is 6.26. The second kappa shape index (κ2) is 7.02. The molecule has 0 aromatic rings. The van der Waals surface area contributed by atoms with E-state index >= 15 is 0 Å². The Bertz CT molecular complexity index is 256. The Morgan fingerprint density at radius 3 is 2.29 bits per heavy atom. The van der Waals surface area contributed by atoms with E-state index in [2.05, 4.69) is 16.8 Å². The van der Waals surface area contributed by atoms with Crippen molar-refractivity contribution in [3.63, 3.8) is 0 Å². The van der Waals surface area contributed by atoms with Crippen molar-refractivity contribution in [2.45, 2.75) is 25.7 Å². The van der Waals surface area contributed by atoms with Crippen LogP contribution in [0.1, 0.15) is 25.7 Å². The number of nitrogens with one attached hydrogen (secondary N) is 1. The van der Waals surface area contributed by atoms with Crippen molar-refractivity contribution in [3.8, 4) is 0 Å². The number of nitrogens with zero attached hydrogens (tertiary/aromatic N) is 1. The van der Waals surface area contributed by atoms with E-state index < -0.39 is 0 Å². The number of piperidine rings is 2. The van der Waals surface area contributed by atoms with Crippen LogP contribution in [0.25, 0.3) is 0 Å². The fourth-order valence-electron chi connectivity index (χ4n) is 2.68. The third-order valence-electron chi connectivity index (χ3n) is 3.87. The lowest BCUT2D eigenvalue weighted by atomic mass is 9.93. The maximum atomic E-state index is 12.2. The average molecular weight is 259 g/mol. The summed E-state index contributed by atoms with van der Waals surface area (Å²) in [4.78, 5) is 14.3. The van der Waals surface area contributed by atoms with Gasteiger partial charge in [-0.15, -0.1) is 19.0 Å². The fourth-order valence-corrected chi connectivity index (χ4v) is 2.68. The monoisotopic (exact) mass is 258 g/mol. The molecule has 0 bridgehead atoms. The lowest BCUT2D eigenvalue weighted by molar-refractivity contribution is -0.137. The molecule has 0 atom stereocenters. The van der Waals surface area contributed by atoms with E-state index in [9.17, 15) is 4.79 Å². The normalized spacial score (nSPS) is 22.9. The van der Waals surface area contributed by atoms with Gasteiger partial charge in [-0.05, 0) is 44.7 Å². The minimum absolute atomic E-state index is 0. The molecule has 2 fully saturated rings. The summed E-state index contributed by atoms with van der Waals surface area (Å²) >= 11 is 0. The Labute approximate surface area is 110 Å². The van der Waals surface area contributed by atoms with Crippen molar-refractivity contribution in [1.29, 1.82) is 0 Å². The molecule has 17 heavy (non-hydrogen) atoms. The van der Waals surface area contributed by atoms with E-state index in [0.29, 0.717) is 11.8 Å². The first-order valence-corrected chi connectivity index (χ1v) is 6.43. The van der Waals surface area contributed by atoms with Crippen molar-refractivity contribution in [3.05, 3.63) is 12.7 Å². The Hall–Kier alpha value is -0.540. The molecule has 2 rings (SSSR count). The fraction of sp³-hybridized carbons (Fsp3) is 0.769. The number of amides is 1. The summed E-state index contributed by atoms with van der Waals surface area (Å²) in [5.74, 6) is 1.29. The zero-order valence-corrected chi connectivity index (χ0v) is 11.2. The summed E-state index contributed by atoms with van der Waals surface area (Å²) in [7, 11) is 0. The lowest BCUT2D eigenvalue weighted by Gasteiger charge is -2.34. The molecular formula is C13H23ClN2O. The predicted molar refractivity (Wildman–Crippen MR) is 72.3 cm³/mol. The molecule has 4 heteroatoms. The summed E-state index contributed by atoms with van der Waals surface area (Å²) in [6.45, 7) is 7.69. The minimum atomic E-state index is 0. The number of likely N-dealkylation sites (tertiary alicyclic amines) is 1. The molecule has 2 aliphatic heterocycles. The van der Waals surface area contributed by atoms with Crippen LogP contribution in [0.15, 0.2) is 12.7 Å². The molecule has 0 unspecified atom stereocenters. The molecule has 0 spiro atoms. The zero-order chi connectivity index (χ0) is 11.4. The van der Waals surface area contributed by atoms with Gasteiger partial charge in [-0.3, -0.25) is 4.79 Å². The molecule has 1 N–H and O–H groups in total. The van der Waals surface area contributed by atoms with Crippen LogP contribution in [0.2, 0.25) is 0 Å². The molecule has 0 saturated carbocycles. The van der Waals surface area contributed by atoms with E-state index in [1.807, 2.05) is 6.08 Å². The Morgan fingerprint density at radius 1 is 1.18 bits per heavy atom. The molecule has 2 heterocycles. The minimum Gasteiger partial charge on any atom is -0.342 e. The van der Waals surface area contributed by atoms with Crippen LogP contribution < -0.4 is 5.32 Å². The quantitative estimate of drug-likeness (QED) is 0.767.